The molecule has 0 spiro atoms. The minimum Gasteiger partial charge on any atom is -0.493 e. The first-order chi connectivity index (χ1) is 15.3. The number of hydrogen-bond acceptors (Lipinski definition) is 7. The van der Waals surface area contributed by atoms with Gasteiger partial charge in [-0.2, -0.15) is 0 Å². The molecular formula is C22H23FN2O6S. The predicted octanol–water partition coefficient (Wildman–Crippen LogP) is 3.24. The van der Waals surface area contributed by atoms with E-state index in [2.05, 4.69) is 0 Å². The molecule has 1 fully saturated rings. The van der Waals surface area contributed by atoms with Crippen molar-refractivity contribution in [3.63, 3.8) is 0 Å². The lowest BCUT2D eigenvalue weighted by molar-refractivity contribution is -0.125. The number of hydrogen-bond donors (Lipinski definition) is 0. The van der Waals surface area contributed by atoms with Gasteiger partial charge in [0.1, 0.15) is 5.82 Å². The zero-order valence-electron chi connectivity index (χ0n) is 17.9. The molecule has 0 radical (unpaired) electrons. The first-order valence-electron chi connectivity index (χ1n) is 9.96. The number of rotatable bonds is 5. The Bertz CT molecular complexity index is 1180. The van der Waals surface area contributed by atoms with E-state index in [1.165, 1.54) is 43.4 Å². The number of nitrogens with zero attached hydrogens (tertiary/aromatic N) is 2. The fraction of sp³-hybridized carbons (Fsp3) is 0.318. The SMILES string of the molecule is COc1cc(N2C=C(C(=O)N3CCCC3)S(=O)(=O)c3ccc(F)cc32)cc(OC)c1OC. The van der Waals surface area contributed by atoms with Crippen LogP contribution in [0.1, 0.15) is 12.8 Å². The van der Waals surface area contributed by atoms with Gasteiger partial charge >= 0.3 is 0 Å². The molecule has 0 aliphatic carbocycles. The first-order valence-corrected chi connectivity index (χ1v) is 11.4. The van der Waals surface area contributed by atoms with Crippen LogP contribution in [0.25, 0.3) is 0 Å². The maximum Gasteiger partial charge on any atom is 0.267 e. The summed E-state index contributed by atoms with van der Waals surface area (Å²) >= 11 is 0. The molecule has 10 heteroatoms. The molecule has 0 saturated carbocycles. The summed E-state index contributed by atoms with van der Waals surface area (Å²) < 4.78 is 56.9. The van der Waals surface area contributed by atoms with Crippen molar-refractivity contribution in [2.45, 2.75) is 17.7 Å². The van der Waals surface area contributed by atoms with Gasteiger partial charge in [-0.3, -0.25) is 4.79 Å². The Morgan fingerprint density at radius 2 is 1.59 bits per heavy atom. The number of benzene rings is 2. The highest BCUT2D eigenvalue weighted by molar-refractivity contribution is 7.96. The molecule has 1 amide bonds. The van der Waals surface area contributed by atoms with Gasteiger partial charge in [0.2, 0.25) is 15.6 Å². The van der Waals surface area contributed by atoms with Gasteiger partial charge < -0.3 is 24.0 Å². The van der Waals surface area contributed by atoms with E-state index in [0.717, 1.165) is 25.0 Å². The largest absolute Gasteiger partial charge is 0.493 e. The second kappa shape index (κ2) is 8.34. The molecular weight excluding hydrogens is 439 g/mol. The Hall–Kier alpha value is -3.27. The maximum absolute atomic E-state index is 14.2. The summed E-state index contributed by atoms with van der Waals surface area (Å²) in [5, 5.41) is 0. The van der Waals surface area contributed by atoms with Crippen molar-refractivity contribution in [2.75, 3.05) is 39.3 Å². The van der Waals surface area contributed by atoms with Gasteiger partial charge in [0, 0.05) is 31.4 Å². The van der Waals surface area contributed by atoms with E-state index >= 15 is 0 Å². The van der Waals surface area contributed by atoms with Crippen LogP contribution in [0.2, 0.25) is 0 Å². The lowest BCUT2D eigenvalue weighted by atomic mass is 10.2. The zero-order chi connectivity index (χ0) is 23.0. The Morgan fingerprint density at radius 1 is 0.969 bits per heavy atom. The summed E-state index contributed by atoms with van der Waals surface area (Å²) in [6.45, 7) is 0.984. The number of likely N-dealkylation sites (tertiary alicyclic amines) is 1. The van der Waals surface area contributed by atoms with Gasteiger partial charge in [-0.25, -0.2) is 12.8 Å². The van der Waals surface area contributed by atoms with Crippen molar-refractivity contribution in [1.82, 2.24) is 4.90 Å². The fourth-order valence-electron chi connectivity index (χ4n) is 3.95. The standard InChI is InChI=1S/C22H23FN2O6S/c1-29-17-11-15(12-18(30-2)21(17)31-3)25-13-20(22(26)24-8-4-5-9-24)32(27,28)19-7-6-14(23)10-16(19)25/h6-7,10-13H,4-5,8-9H2,1-3H3. The molecule has 0 N–H and O–H groups in total. The summed E-state index contributed by atoms with van der Waals surface area (Å²) in [4.78, 5) is 15.6. The molecule has 2 aliphatic rings. The van der Waals surface area contributed by atoms with Crippen LogP contribution < -0.4 is 19.1 Å². The van der Waals surface area contributed by atoms with Gasteiger partial charge in [0.15, 0.2) is 16.4 Å². The Balaban J connectivity index is 1.94. The summed E-state index contributed by atoms with van der Waals surface area (Å²) in [5.74, 6) is -0.183. The highest BCUT2D eigenvalue weighted by atomic mass is 32.2. The van der Waals surface area contributed by atoms with Gasteiger partial charge in [-0.05, 0) is 31.0 Å². The number of carbonyl (C=O) groups is 1. The molecule has 2 aromatic carbocycles. The third kappa shape index (κ3) is 3.54. The number of methoxy groups -OCH3 is 3. The highest BCUT2D eigenvalue weighted by Crippen LogP contribution is 2.46. The quantitative estimate of drug-likeness (QED) is 0.631. The molecule has 2 heterocycles. The average molecular weight is 462 g/mol. The first kappa shape index (κ1) is 21.9. The normalized spacial score (nSPS) is 16.9. The smallest absolute Gasteiger partial charge is 0.267 e. The lowest BCUT2D eigenvalue weighted by Crippen LogP contribution is -2.35. The van der Waals surface area contributed by atoms with Crippen LogP contribution in [0.4, 0.5) is 15.8 Å². The second-order valence-electron chi connectivity index (χ2n) is 7.36. The third-order valence-corrected chi connectivity index (χ3v) is 7.32. The van der Waals surface area contributed by atoms with Crippen LogP contribution in [0.5, 0.6) is 17.2 Å². The lowest BCUT2D eigenvalue weighted by Gasteiger charge is -2.30. The Morgan fingerprint density at radius 3 is 2.16 bits per heavy atom. The zero-order valence-corrected chi connectivity index (χ0v) is 18.7. The van der Waals surface area contributed by atoms with Gasteiger partial charge in [0.05, 0.1) is 37.6 Å². The van der Waals surface area contributed by atoms with Crippen LogP contribution in [0, 0.1) is 5.82 Å². The molecule has 0 bridgehead atoms. The molecule has 170 valence electrons. The highest BCUT2D eigenvalue weighted by Gasteiger charge is 2.39. The van der Waals surface area contributed by atoms with Crippen LogP contribution in [0.15, 0.2) is 46.3 Å². The van der Waals surface area contributed by atoms with Gasteiger partial charge in [0.25, 0.3) is 5.91 Å². The number of carbonyl (C=O) groups excluding carboxylic acids is 1. The van der Waals surface area contributed by atoms with Crippen molar-refractivity contribution in [1.29, 1.82) is 0 Å². The molecule has 1 saturated heterocycles. The van der Waals surface area contributed by atoms with E-state index in [4.69, 9.17) is 14.2 Å². The van der Waals surface area contributed by atoms with Crippen molar-refractivity contribution in [3.8, 4) is 17.2 Å². The number of amides is 1. The van der Waals surface area contributed by atoms with E-state index in [-0.39, 0.29) is 15.5 Å². The van der Waals surface area contributed by atoms with Crippen molar-refractivity contribution >= 4 is 27.1 Å². The summed E-state index contributed by atoms with van der Waals surface area (Å²) in [6, 6.07) is 6.55. The van der Waals surface area contributed by atoms with Crippen molar-refractivity contribution in [3.05, 3.63) is 47.3 Å². The number of anilines is 2. The monoisotopic (exact) mass is 462 g/mol. The molecule has 4 rings (SSSR count). The molecule has 0 unspecified atom stereocenters. The minimum absolute atomic E-state index is 0.0808. The Kier molecular flexibility index (Phi) is 5.72. The molecule has 2 aliphatic heterocycles. The third-order valence-electron chi connectivity index (χ3n) is 5.54. The average Bonchev–Trinajstić information content (AvgIpc) is 3.32. The minimum atomic E-state index is -4.15. The van der Waals surface area contributed by atoms with E-state index in [1.54, 1.807) is 12.1 Å². The van der Waals surface area contributed by atoms with Crippen LogP contribution >= 0.6 is 0 Å². The fourth-order valence-corrected chi connectivity index (χ4v) is 5.47. The van der Waals surface area contributed by atoms with Crippen LogP contribution in [-0.4, -0.2) is 53.6 Å². The summed E-state index contributed by atoms with van der Waals surface area (Å²) in [6.07, 6.45) is 2.87. The number of ether oxygens (including phenoxy) is 3. The summed E-state index contributed by atoms with van der Waals surface area (Å²) in [7, 11) is 0.220. The van der Waals surface area contributed by atoms with E-state index in [9.17, 15) is 17.6 Å². The van der Waals surface area contributed by atoms with Gasteiger partial charge in [-0.15, -0.1) is 0 Å². The second-order valence-corrected chi connectivity index (χ2v) is 9.25. The molecule has 0 atom stereocenters. The van der Waals surface area contributed by atoms with Gasteiger partial charge in [-0.1, -0.05) is 0 Å². The molecule has 0 aromatic heterocycles. The van der Waals surface area contributed by atoms with E-state index in [1.807, 2.05) is 0 Å². The maximum atomic E-state index is 14.2. The number of sulfone groups is 1. The summed E-state index contributed by atoms with van der Waals surface area (Å²) in [5.41, 5.74) is 0.491. The van der Waals surface area contributed by atoms with E-state index < -0.39 is 21.6 Å². The number of fused-ring (bicyclic) bond motifs is 1. The van der Waals surface area contributed by atoms with Crippen molar-refractivity contribution in [2.24, 2.45) is 0 Å². The molecule has 8 nitrogen and oxygen atoms in total. The molecule has 2 aromatic rings. The van der Waals surface area contributed by atoms with Crippen LogP contribution in [-0.2, 0) is 14.6 Å². The van der Waals surface area contributed by atoms with E-state index in [0.29, 0.717) is 36.0 Å². The predicted molar refractivity (Wildman–Crippen MR) is 116 cm³/mol. The van der Waals surface area contributed by atoms with Crippen LogP contribution in [0.3, 0.4) is 0 Å². The molecule has 32 heavy (non-hydrogen) atoms. The topological polar surface area (TPSA) is 85.4 Å². The Labute approximate surface area is 185 Å². The van der Waals surface area contributed by atoms with Crippen molar-refractivity contribution < 1.29 is 31.8 Å². The number of halogens is 1.